The van der Waals surface area contributed by atoms with Gasteiger partial charge in [-0.15, -0.1) is 0 Å². The summed E-state index contributed by atoms with van der Waals surface area (Å²) < 4.78 is 0. The molecule has 0 aliphatic carbocycles. The van der Waals surface area contributed by atoms with Crippen LogP contribution in [0.5, 0.6) is 0 Å². The van der Waals surface area contributed by atoms with Gasteiger partial charge in [0.2, 0.25) is 0 Å². The summed E-state index contributed by atoms with van der Waals surface area (Å²) in [6.45, 7) is 2.24. The van der Waals surface area contributed by atoms with Gasteiger partial charge in [0.05, 0.1) is 0 Å². The largest absolute Gasteiger partial charge is 0.306 e. The van der Waals surface area contributed by atoms with Crippen molar-refractivity contribution in [3.05, 3.63) is 34.9 Å². The third kappa shape index (κ3) is 3.90. The van der Waals surface area contributed by atoms with Crippen LogP contribution in [-0.4, -0.2) is 17.5 Å². The minimum atomic E-state index is 0.487. The zero-order valence-electron chi connectivity index (χ0n) is 10.3. The van der Waals surface area contributed by atoms with Crippen LogP contribution >= 0.6 is 23.4 Å². The minimum Gasteiger partial charge on any atom is -0.306 e. The van der Waals surface area contributed by atoms with E-state index in [9.17, 15) is 0 Å². The number of hydrogen-bond donors (Lipinski definition) is 1. The van der Waals surface area contributed by atoms with Crippen LogP contribution in [0.2, 0.25) is 5.02 Å². The van der Waals surface area contributed by atoms with Crippen molar-refractivity contribution < 1.29 is 0 Å². The fourth-order valence-electron chi connectivity index (χ4n) is 2.28. The lowest BCUT2D eigenvalue weighted by atomic mass is 10.0. The second-order valence-corrected chi connectivity index (χ2v) is 6.21. The highest BCUT2D eigenvalue weighted by Gasteiger charge is 2.19. The molecule has 1 aromatic carbocycles. The lowest BCUT2D eigenvalue weighted by molar-refractivity contribution is 0.435. The highest BCUT2D eigenvalue weighted by molar-refractivity contribution is 7.99. The number of nitrogens with one attached hydrogen (secondary N) is 1. The second-order valence-electron chi connectivity index (χ2n) is 4.62. The molecule has 0 amide bonds. The van der Waals surface area contributed by atoms with Crippen molar-refractivity contribution in [1.82, 2.24) is 5.32 Å². The van der Waals surface area contributed by atoms with Gasteiger partial charge in [0.15, 0.2) is 0 Å². The van der Waals surface area contributed by atoms with Crippen molar-refractivity contribution in [3.8, 4) is 0 Å². The Morgan fingerprint density at radius 2 is 2.18 bits per heavy atom. The lowest BCUT2D eigenvalue weighted by Gasteiger charge is -2.22. The molecule has 1 heterocycles. The van der Waals surface area contributed by atoms with Crippen LogP contribution in [0.1, 0.15) is 37.8 Å². The molecule has 0 bridgehead atoms. The van der Waals surface area contributed by atoms with E-state index in [1.807, 2.05) is 12.1 Å². The first kappa shape index (κ1) is 13.3. The van der Waals surface area contributed by atoms with Crippen molar-refractivity contribution >= 4 is 23.4 Å². The number of halogens is 1. The van der Waals surface area contributed by atoms with Gasteiger partial charge in [-0.3, -0.25) is 0 Å². The molecular formula is C14H20ClNS. The zero-order chi connectivity index (χ0) is 12.1. The monoisotopic (exact) mass is 269 g/mol. The average molecular weight is 270 g/mol. The molecule has 1 fully saturated rings. The number of thioether (sulfide) groups is 1. The summed E-state index contributed by atoms with van der Waals surface area (Å²) in [4.78, 5) is 0. The third-order valence-electron chi connectivity index (χ3n) is 3.22. The first-order chi connectivity index (χ1) is 8.29. The molecule has 0 aromatic heterocycles. The Morgan fingerprint density at radius 1 is 1.41 bits per heavy atom. The van der Waals surface area contributed by atoms with Crippen molar-refractivity contribution in [2.45, 2.75) is 38.3 Å². The topological polar surface area (TPSA) is 12.0 Å². The first-order valence-electron chi connectivity index (χ1n) is 6.39. The molecule has 2 rings (SSSR count). The molecule has 0 saturated carbocycles. The second kappa shape index (κ2) is 6.67. The standard InChI is InChI=1S/C14H20ClNS/c1-2-3-14(16-13-8-9-17-10-13)11-4-6-12(15)7-5-11/h4-7,13-14,16H,2-3,8-10H2,1H3. The van der Waals surface area contributed by atoms with Gasteiger partial charge in [0, 0.05) is 22.9 Å². The summed E-state index contributed by atoms with van der Waals surface area (Å²) in [5, 5.41) is 4.61. The Labute approximate surface area is 113 Å². The molecule has 3 heteroatoms. The van der Waals surface area contributed by atoms with E-state index in [4.69, 9.17) is 11.6 Å². The highest BCUT2D eigenvalue weighted by atomic mass is 35.5. The molecule has 1 aliphatic heterocycles. The Morgan fingerprint density at radius 3 is 2.76 bits per heavy atom. The van der Waals surface area contributed by atoms with Gasteiger partial charge in [-0.05, 0) is 36.3 Å². The van der Waals surface area contributed by atoms with Gasteiger partial charge in [0.1, 0.15) is 0 Å². The lowest BCUT2D eigenvalue weighted by Crippen LogP contribution is -2.32. The van der Waals surface area contributed by atoms with Crippen molar-refractivity contribution in [3.63, 3.8) is 0 Å². The van der Waals surface area contributed by atoms with E-state index in [1.54, 1.807) is 0 Å². The minimum absolute atomic E-state index is 0.487. The first-order valence-corrected chi connectivity index (χ1v) is 7.92. The molecular weight excluding hydrogens is 250 g/mol. The van der Waals surface area contributed by atoms with Crippen molar-refractivity contribution in [2.24, 2.45) is 0 Å². The normalized spacial score (nSPS) is 21.6. The molecule has 1 nitrogen and oxygen atoms in total. The fraction of sp³-hybridized carbons (Fsp3) is 0.571. The molecule has 1 aliphatic rings. The third-order valence-corrected chi connectivity index (χ3v) is 4.63. The number of rotatable bonds is 5. The Balaban J connectivity index is 2.02. The Hall–Kier alpha value is -0.180. The van der Waals surface area contributed by atoms with Gasteiger partial charge >= 0.3 is 0 Å². The Bertz CT molecular complexity index is 333. The number of hydrogen-bond acceptors (Lipinski definition) is 2. The van der Waals surface area contributed by atoms with E-state index in [2.05, 4.69) is 36.1 Å². The molecule has 2 atom stereocenters. The molecule has 1 aromatic rings. The Kier molecular flexibility index (Phi) is 5.20. The van der Waals surface area contributed by atoms with Crippen LogP contribution < -0.4 is 5.32 Å². The molecule has 17 heavy (non-hydrogen) atoms. The van der Waals surface area contributed by atoms with Crippen LogP contribution in [0.3, 0.4) is 0 Å². The van der Waals surface area contributed by atoms with Gasteiger partial charge < -0.3 is 5.32 Å². The molecule has 0 radical (unpaired) electrons. The van der Waals surface area contributed by atoms with Gasteiger partial charge in [-0.1, -0.05) is 37.1 Å². The zero-order valence-corrected chi connectivity index (χ0v) is 11.9. The maximum absolute atomic E-state index is 5.94. The SMILES string of the molecule is CCCC(NC1CCSC1)c1ccc(Cl)cc1. The fourth-order valence-corrected chi connectivity index (χ4v) is 3.57. The quantitative estimate of drug-likeness (QED) is 0.856. The van der Waals surface area contributed by atoms with E-state index in [1.165, 1.54) is 36.3 Å². The maximum atomic E-state index is 5.94. The van der Waals surface area contributed by atoms with Gasteiger partial charge in [-0.2, -0.15) is 11.8 Å². The molecule has 2 unspecified atom stereocenters. The van der Waals surface area contributed by atoms with Crippen LogP contribution in [0.25, 0.3) is 0 Å². The van der Waals surface area contributed by atoms with Crippen molar-refractivity contribution in [1.29, 1.82) is 0 Å². The summed E-state index contributed by atoms with van der Waals surface area (Å²) >= 11 is 8.00. The molecule has 94 valence electrons. The summed E-state index contributed by atoms with van der Waals surface area (Å²) in [6.07, 6.45) is 3.71. The van der Waals surface area contributed by atoms with Crippen LogP contribution in [-0.2, 0) is 0 Å². The number of benzene rings is 1. The van der Waals surface area contributed by atoms with Crippen LogP contribution in [0, 0.1) is 0 Å². The predicted molar refractivity (Wildman–Crippen MR) is 78.0 cm³/mol. The van der Waals surface area contributed by atoms with Gasteiger partial charge in [0.25, 0.3) is 0 Å². The predicted octanol–water partition coefficient (Wildman–Crippen LogP) is 4.28. The highest BCUT2D eigenvalue weighted by Crippen LogP contribution is 2.25. The summed E-state index contributed by atoms with van der Waals surface area (Å²) in [5.74, 6) is 2.56. The smallest absolute Gasteiger partial charge is 0.0406 e. The summed E-state index contributed by atoms with van der Waals surface area (Å²) in [7, 11) is 0. The average Bonchev–Trinajstić information content (AvgIpc) is 2.82. The van der Waals surface area contributed by atoms with E-state index >= 15 is 0 Å². The summed E-state index contributed by atoms with van der Waals surface area (Å²) in [6, 6.07) is 9.46. The maximum Gasteiger partial charge on any atom is 0.0406 e. The van der Waals surface area contributed by atoms with Crippen LogP contribution in [0.15, 0.2) is 24.3 Å². The van der Waals surface area contributed by atoms with Crippen LogP contribution in [0.4, 0.5) is 0 Å². The summed E-state index contributed by atoms with van der Waals surface area (Å²) in [5.41, 5.74) is 1.37. The molecule has 1 N–H and O–H groups in total. The van der Waals surface area contributed by atoms with E-state index in [-0.39, 0.29) is 0 Å². The van der Waals surface area contributed by atoms with E-state index in [0.717, 1.165) is 5.02 Å². The van der Waals surface area contributed by atoms with E-state index in [0.29, 0.717) is 12.1 Å². The van der Waals surface area contributed by atoms with E-state index < -0.39 is 0 Å². The van der Waals surface area contributed by atoms with Gasteiger partial charge in [-0.25, -0.2) is 0 Å². The molecule has 0 spiro atoms. The molecule has 1 saturated heterocycles. The van der Waals surface area contributed by atoms with Crippen molar-refractivity contribution in [2.75, 3.05) is 11.5 Å².